The third-order valence-electron chi connectivity index (χ3n) is 4.42. The molecule has 7 heteroatoms. The zero-order chi connectivity index (χ0) is 17.7. The number of imide groups is 1. The number of nitrogens with one attached hydrogen (secondary N) is 1. The highest BCUT2D eigenvalue weighted by Crippen LogP contribution is 2.30. The van der Waals surface area contributed by atoms with Crippen LogP contribution in [0.4, 0.5) is 4.79 Å². The number of amides is 3. The molecule has 1 fully saturated rings. The van der Waals surface area contributed by atoms with Gasteiger partial charge in [-0.05, 0) is 6.42 Å². The van der Waals surface area contributed by atoms with Gasteiger partial charge in [0.05, 0.1) is 0 Å². The summed E-state index contributed by atoms with van der Waals surface area (Å²) in [5, 5.41) is 3.73. The number of nitrogens with zero attached hydrogens (tertiary/aromatic N) is 3. The molecule has 0 aromatic carbocycles. The Hall–Kier alpha value is -1.24. The second-order valence-electron chi connectivity index (χ2n) is 6.80. The largest absolute Gasteiger partial charge is 0.336 e. The first-order valence-electron chi connectivity index (χ1n) is 9.04. The van der Waals surface area contributed by atoms with E-state index < -0.39 is 6.17 Å². The van der Waals surface area contributed by atoms with Crippen molar-refractivity contribution in [2.24, 2.45) is 4.99 Å². The number of carbonyl (C=O) groups excluding carboxylic acids is 2. The Morgan fingerprint density at radius 1 is 1.17 bits per heavy atom. The molecule has 1 saturated heterocycles. The normalized spacial score (nSPS) is 23.6. The van der Waals surface area contributed by atoms with Crippen molar-refractivity contribution in [2.75, 3.05) is 13.6 Å². The van der Waals surface area contributed by atoms with E-state index in [1.165, 1.54) is 37.0 Å². The standard InChI is InChI=1S/C17H30N4O2S/c1-5-6-7-8-9-10-11-21-13-14(18-17(21)24-12(2)3)20(4)16(23)19-15(13)22/h12-14H,5-11H2,1-4H3,(H,19,22,23). The number of rotatable bonds is 8. The molecular weight excluding hydrogens is 324 g/mol. The minimum absolute atomic E-state index is 0.225. The predicted molar refractivity (Wildman–Crippen MR) is 99.1 cm³/mol. The average molecular weight is 355 g/mol. The Labute approximate surface area is 149 Å². The van der Waals surface area contributed by atoms with Gasteiger partial charge >= 0.3 is 6.03 Å². The van der Waals surface area contributed by atoms with E-state index in [4.69, 9.17) is 4.99 Å². The van der Waals surface area contributed by atoms with Gasteiger partial charge in [0.2, 0.25) is 0 Å². The van der Waals surface area contributed by atoms with Gasteiger partial charge in [-0.1, -0.05) is 64.6 Å². The highest BCUT2D eigenvalue weighted by atomic mass is 32.2. The van der Waals surface area contributed by atoms with Gasteiger partial charge in [-0.2, -0.15) is 0 Å². The monoisotopic (exact) mass is 354 g/mol. The maximum atomic E-state index is 12.4. The maximum absolute atomic E-state index is 12.4. The van der Waals surface area contributed by atoms with E-state index in [1.807, 2.05) is 0 Å². The van der Waals surface area contributed by atoms with Gasteiger partial charge in [-0.3, -0.25) is 10.1 Å². The summed E-state index contributed by atoms with van der Waals surface area (Å²) in [6.45, 7) is 7.27. The lowest BCUT2D eigenvalue weighted by molar-refractivity contribution is -0.127. The number of hydrogen-bond acceptors (Lipinski definition) is 5. The molecule has 136 valence electrons. The summed E-state index contributed by atoms with van der Waals surface area (Å²) in [6, 6.07) is -0.745. The number of hydrogen-bond donors (Lipinski definition) is 1. The molecule has 2 atom stereocenters. The fraction of sp³-hybridized carbons (Fsp3) is 0.824. The van der Waals surface area contributed by atoms with Gasteiger partial charge in [-0.15, -0.1) is 0 Å². The zero-order valence-electron chi connectivity index (χ0n) is 15.2. The quantitative estimate of drug-likeness (QED) is 0.681. The second kappa shape index (κ2) is 8.74. The summed E-state index contributed by atoms with van der Waals surface area (Å²) in [6.07, 6.45) is 6.89. The number of carbonyl (C=O) groups is 2. The molecule has 2 unspecified atom stereocenters. The highest BCUT2D eigenvalue weighted by Gasteiger charge is 2.48. The van der Waals surface area contributed by atoms with E-state index in [-0.39, 0.29) is 18.0 Å². The van der Waals surface area contributed by atoms with Crippen molar-refractivity contribution in [1.29, 1.82) is 0 Å². The summed E-state index contributed by atoms with van der Waals surface area (Å²) in [5.74, 6) is -0.225. The van der Waals surface area contributed by atoms with Crippen molar-refractivity contribution in [3.05, 3.63) is 0 Å². The molecule has 2 aliphatic heterocycles. The molecule has 24 heavy (non-hydrogen) atoms. The lowest BCUT2D eigenvalue weighted by atomic mass is 10.1. The summed E-state index contributed by atoms with van der Waals surface area (Å²) < 4.78 is 0. The van der Waals surface area contributed by atoms with Gasteiger partial charge in [0, 0.05) is 18.8 Å². The van der Waals surface area contributed by atoms with Crippen molar-refractivity contribution in [2.45, 2.75) is 76.8 Å². The molecule has 2 heterocycles. The summed E-state index contributed by atoms with van der Waals surface area (Å²) in [5.41, 5.74) is 0. The molecule has 0 spiro atoms. The number of urea groups is 1. The summed E-state index contributed by atoms with van der Waals surface area (Å²) in [4.78, 5) is 32.5. The third kappa shape index (κ3) is 4.43. The molecule has 2 rings (SSSR count). The lowest BCUT2D eigenvalue weighted by Gasteiger charge is -2.36. The van der Waals surface area contributed by atoms with Crippen LogP contribution in [0.3, 0.4) is 0 Å². The first-order chi connectivity index (χ1) is 11.5. The van der Waals surface area contributed by atoms with E-state index in [2.05, 4.69) is 31.0 Å². The Morgan fingerprint density at radius 3 is 2.50 bits per heavy atom. The number of unbranched alkanes of at least 4 members (excludes halogenated alkanes) is 5. The average Bonchev–Trinajstić information content (AvgIpc) is 2.87. The Kier molecular flexibility index (Phi) is 6.95. The maximum Gasteiger partial charge on any atom is 0.325 e. The van der Waals surface area contributed by atoms with Crippen LogP contribution in [0, 0.1) is 0 Å². The van der Waals surface area contributed by atoms with Gasteiger partial charge in [0.25, 0.3) is 5.91 Å². The van der Waals surface area contributed by atoms with E-state index in [9.17, 15) is 9.59 Å². The molecule has 1 N–H and O–H groups in total. The molecule has 2 aliphatic rings. The fourth-order valence-electron chi connectivity index (χ4n) is 3.11. The van der Waals surface area contributed by atoms with E-state index in [1.54, 1.807) is 18.8 Å². The zero-order valence-corrected chi connectivity index (χ0v) is 16.1. The molecule has 0 aromatic rings. The smallest absolute Gasteiger partial charge is 0.325 e. The van der Waals surface area contributed by atoms with Gasteiger partial charge in [-0.25, -0.2) is 9.79 Å². The van der Waals surface area contributed by atoms with Crippen molar-refractivity contribution >= 4 is 28.9 Å². The summed E-state index contributed by atoms with van der Waals surface area (Å²) in [7, 11) is 1.70. The highest BCUT2D eigenvalue weighted by molar-refractivity contribution is 8.14. The van der Waals surface area contributed by atoms with Crippen LogP contribution in [0.15, 0.2) is 4.99 Å². The molecule has 0 aliphatic carbocycles. The number of amidine groups is 1. The van der Waals surface area contributed by atoms with Crippen LogP contribution >= 0.6 is 11.8 Å². The number of aliphatic imine (C=N–C) groups is 1. The minimum atomic E-state index is -0.396. The molecular formula is C17H30N4O2S. The van der Waals surface area contributed by atoms with Crippen molar-refractivity contribution in [3.63, 3.8) is 0 Å². The van der Waals surface area contributed by atoms with Crippen LogP contribution in [-0.4, -0.2) is 58.0 Å². The van der Waals surface area contributed by atoms with E-state index in [0.717, 1.165) is 18.1 Å². The van der Waals surface area contributed by atoms with Crippen LogP contribution in [0.5, 0.6) is 0 Å². The van der Waals surface area contributed by atoms with Gasteiger partial charge in [0.1, 0.15) is 0 Å². The van der Waals surface area contributed by atoms with Crippen molar-refractivity contribution in [1.82, 2.24) is 15.1 Å². The van der Waals surface area contributed by atoms with Crippen LogP contribution in [0.2, 0.25) is 0 Å². The number of thioether (sulfide) groups is 1. The first kappa shape index (κ1) is 19.1. The van der Waals surface area contributed by atoms with E-state index >= 15 is 0 Å². The lowest BCUT2D eigenvalue weighted by Crippen LogP contribution is -2.63. The first-order valence-corrected chi connectivity index (χ1v) is 9.92. The van der Waals surface area contributed by atoms with Gasteiger partial charge < -0.3 is 9.80 Å². The predicted octanol–water partition coefficient (Wildman–Crippen LogP) is 3.04. The molecule has 0 bridgehead atoms. The molecule has 0 saturated carbocycles. The second-order valence-corrected chi connectivity index (χ2v) is 8.35. The third-order valence-corrected chi connectivity index (χ3v) is 5.44. The molecule has 6 nitrogen and oxygen atoms in total. The SMILES string of the molecule is CCCCCCCCN1C(SC(C)C)=NC2C1C(=O)NC(=O)N2C. The van der Waals surface area contributed by atoms with Crippen molar-refractivity contribution < 1.29 is 9.59 Å². The van der Waals surface area contributed by atoms with Crippen LogP contribution < -0.4 is 5.32 Å². The van der Waals surface area contributed by atoms with Crippen LogP contribution in [-0.2, 0) is 4.79 Å². The number of likely N-dealkylation sites (N-methyl/N-ethyl adjacent to an activating group) is 1. The Bertz CT molecular complexity index is 495. The molecule has 0 aromatic heterocycles. The van der Waals surface area contributed by atoms with Gasteiger partial charge in [0.15, 0.2) is 17.4 Å². The van der Waals surface area contributed by atoms with Crippen LogP contribution in [0.25, 0.3) is 0 Å². The minimum Gasteiger partial charge on any atom is -0.336 e. The molecule has 0 radical (unpaired) electrons. The molecule has 3 amide bonds. The number of fused-ring (bicyclic) bond motifs is 1. The van der Waals surface area contributed by atoms with Crippen molar-refractivity contribution in [3.8, 4) is 0 Å². The fourth-order valence-corrected chi connectivity index (χ4v) is 4.04. The van der Waals surface area contributed by atoms with Crippen LogP contribution in [0.1, 0.15) is 59.3 Å². The topological polar surface area (TPSA) is 65.0 Å². The Morgan fingerprint density at radius 2 is 1.83 bits per heavy atom. The summed E-state index contributed by atoms with van der Waals surface area (Å²) >= 11 is 1.67. The Balaban J connectivity index is 2.01. The van der Waals surface area contributed by atoms with E-state index in [0.29, 0.717) is 5.25 Å².